The van der Waals surface area contributed by atoms with Crippen molar-refractivity contribution >= 4 is 0 Å². The number of nitrogens with one attached hydrogen (secondary N) is 1. The summed E-state index contributed by atoms with van der Waals surface area (Å²) < 4.78 is 5.02. The Kier molecular flexibility index (Phi) is 3.50. The summed E-state index contributed by atoms with van der Waals surface area (Å²) in [6.07, 6.45) is 2.08. The number of ether oxygens (including phenoxy) is 1. The lowest BCUT2D eigenvalue weighted by molar-refractivity contribution is 0.370. The Labute approximate surface area is 101 Å². The Hall–Kier alpha value is -1.73. The molecule has 0 atom stereocenters. The van der Waals surface area contributed by atoms with Gasteiger partial charge in [-0.1, -0.05) is 0 Å². The number of piperidine rings is 1. The lowest BCUT2D eigenvalue weighted by Crippen LogP contribution is -2.26. The minimum Gasteiger partial charge on any atom is -0.504 e. The lowest BCUT2D eigenvalue weighted by atomic mass is 9.89. The maximum atomic E-state index is 9.84. The van der Waals surface area contributed by atoms with Crippen molar-refractivity contribution in [2.45, 2.75) is 18.8 Å². The quantitative estimate of drug-likeness (QED) is 0.815. The maximum absolute atomic E-state index is 9.84. The predicted molar refractivity (Wildman–Crippen MR) is 64.2 cm³/mol. The number of phenols is 1. The lowest BCUT2D eigenvalue weighted by Gasteiger charge is -2.23. The van der Waals surface area contributed by atoms with Crippen LogP contribution in [0, 0.1) is 11.3 Å². The molecule has 1 aliphatic rings. The predicted octanol–water partition coefficient (Wildman–Crippen LogP) is 1.74. The van der Waals surface area contributed by atoms with Crippen molar-refractivity contribution in [3.8, 4) is 17.6 Å². The van der Waals surface area contributed by atoms with E-state index in [1.54, 1.807) is 6.07 Å². The van der Waals surface area contributed by atoms with E-state index in [2.05, 4.69) is 11.4 Å². The Morgan fingerprint density at radius 1 is 1.41 bits per heavy atom. The zero-order chi connectivity index (χ0) is 12.3. The fourth-order valence-electron chi connectivity index (χ4n) is 2.32. The summed E-state index contributed by atoms with van der Waals surface area (Å²) in [5.74, 6) is 0.741. The molecule has 0 bridgehead atoms. The summed E-state index contributed by atoms with van der Waals surface area (Å²) in [6.45, 7) is 1.97. The molecule has 0 aromatic heterocycles. The molecule has 1 saturated heterocycles. The van der Waals surface area contributed by atoms with Gasteiger partial charge in [-0.15, -0.1) is 0 Å². The van der Waals surface area contributed by atoms with Gasteiger partial charge in [0.2, 0.25) is 0 Å². The van der Waals surface area contributed by atoms with Crippen molar-refractivity contribution in [3.63, 3.8) is 0 Å². The van der Waals surface area contributed by atoms with Crippen LogP contribution in [-0.2, 0) is 0 Å². The van der Waals surface area contributed by atoms with E-state index >= 15 is 0 Å². The molecule has 0 radical (unpaired) electrons. The van der Waals surface area contributed by atoms with E-state index in [0.717, 1.165) is 31.5 Å². The van der Waals surface area contributed by atoms with Gasteiger partial charge >= 0.3 is 0 Å². The summed E-state index contributed by atoms with van der Waals surface area (Å²) in [7, 11) is 1.46. The smallest absolute Gasteiger partial charge is 0.178 e. The molecule has 4 heteroatoms. The average Bonchev–Trinajstić information content (AvgIpc) is 2.38. The molecule has 1 fully saturated rings. The molecule has 0 saturated carbocycles. The molecule has 1 aliphatic heterocycles. The van der Waals surface area contributed by atoms with Crippen LogP contribution in [0.3, 0.4) is 0 Å². The van der Waals surface area contributed by atoms with Gasteiger partial charge in [0.05, 0.1) is 12.7 Å². The molecule has 1 heterocycles. The van der Waals surface area contributed by atoms with Gasteiger partial charge in [0.25, 0.3) is 0 Å². The number of rotatable bonds is 2. The van der Waals surface area contributed by atoms with Gasteiger partial charge in [-0.05, 0) is 49.5 Å². The van der Waals surface area contributed by atoms with Crippen LogP contribution >= 0.6 is 0 Å². The fraction of sp³-hybridized carbons (Fsp3) is 0.462. The van der Waals surface area contributed by atoms with E-state index in [1.807, 2.05) is 6.07 Å². The van der Waals surface area contributed by atoms with E-state index in [0.29, 0.717) is 11.5 Å². The SMILES string of the molecule is COc1c(O)cc(C2CCNCC2)cc1C#N. The molecule has 2 N–H and O–H groups in total. The first kappa shape index (κ1) is 11.7. The Morgan fingerprint density at radius 2 is 2.12 bits per heavy atom. The van der Waals surface area contributed by atoms with Crippen LogP contribution in [0.25, 0.3) is 0 Å². The molecule has 0 aliphatic carbocycles. The van der Waals surface area contributed by atoms with E-state index in [9.17, 15) is 5.11 Å². The topological polar surface area (TPSA) is 65.3 Å². The second kappa shape index (κ2) is 5.07. The number of methoxy groups -OCH3 is 1. The van der Waals surface area contributed by atoms with Crippen molar-refractivity contribution in [3.05, 3.63) is 23.3 Å². The summed E-state index contributed by atoms with van der Waals surface area (Å²) in [6, 6.07) is 5.61. The van der Waals surface area contributed by atoms with Crippen LogP contribution in [0.15, 0.2) is 12.1 Å². The molecule has 0 amide bonds. The molecular weight excluding hydrogens is 216 g/mol. The van der Waals surface area contributed by atoms with Crippen LogP contribution in [0.2, 0.25) is 0 Å². The molecule has 1 aromatic carbocycles. The summed E-state index contributed by atoms with van der Waals surface area (Å²) in [5.41, 5.74) is 1.43. The number of hydrogen-bond donors (Lipinski definition) is 2. The summed E-state index contributed by atoms with van der Waals surface area (Å²) in [4.78, 5) is 0. The zero-order valence-electron chi connectivity index (χ0n) is 9.86. The number of benzene rings is 1. The molecular formula is C13H16N2O2. The number of aromatic hydroxyl groups is 1. The van der Waals surface area contributed by atoms with Gasteiger partial charge < -0.3 is 15.2 Å². The second-order valence-electron chi connectivity index (χ2n) is 4.26. The first-order valence-corrected chi connectivity index (χ1v) is 5.78. The Balaban J connectivity index is 2.36. The monoisotopic (exact) mass is 232 g/mol. The molecule has 1 aromatic rings. The molecule has 2 rings (SSSR count). The van der Waals surface area contributed by atoms with Gasteiger partial charge in [-0.3, -0.25) is 0 Å². The van der Waals surface area contributed by atoms with Crippen molar-refractivity contribution in [1.82, 2.24) is 5.32 Å². The van der Waals surface area contributed by atoms with Gasteiger partial charge in [0, 0.05) is 0 Å². The highest BCUT2D eigenvalue weighted by Crippen LogP contribution is 2.35. The van der Waals surface area contributed by atoms with E-state index in [-0.39, 0.29) is 11.5 Å². The number of nitrogens with zero attached hydrogens (tertiary/aromatic N) is 1. The zero-order valence-corrected chi connectivity index (χ0v) is 9.86. The van der Waals surface area contributed by atoms with E-state index < -0.39 is 0 Å². The molecule has 17 heavy (non-hydrogen) atoms. The highest BCUT2D eigenvalue weighted by atomic mass is 16.5. The third-order valence-electron chi connectivity index (χ3n) is 3.23. The molecule has 90 valence electrons. The van der Waals surface area contributed by atoms with Crippen molar-refractivity contribution in [2.24, 2.45) is 0 Å². The fourth-order valence-corrected chi connectivity index (χ4v) is 2.32. The minimum absolute atomic E-state index is 0.0556. The van der Waals surface area contributed by atoms with Crippen LogP contribution in [-0.4, -0.2) is 25.3 Å². The van der Waals surface area contributed by atoms with Crippen molar-refractivity contribution in [2.75, 3.05) is 20.2 Å². The third-order valence-corrected chi connectivity index (χ3v) is 3.23. The standard InChI is InChI=1S/C13H16N2O2/c1-17-13-11(8-14)6-10(7-12(13)16)9-2-4-15-5-3-9/h6-7,9,15-16H,2-5H2,1H3. The maximum Gasteiger partial charge on any atom is 0.178 e. The van der Waals surface area contributed by atoms with Crippen LogP contribution < -0.4 is 10.1 Å². The first-order valence-electron chi connectivity index (χ1n) is 5.78. The summed E-state index contributed by atoms with van der Waals surface area (Å²) >= 11 is 0. The first-order chi connectivity index (χ1) is 8.26. The molecule has 0 unspecified atom stereocenters. The number of hydrogen-bond acceptors (Lipinski definition) is 4. The van der Waals surface area contributed by atoms with Gasteiger partial charge in [0.1, 0.15) is 6.07 Å². The minimum atomic E-state index is 0.0556. The third kappa shape index (κ3) is 2.34. The van der Waals surface area contributed by atoms with E-state index in [4.69, 9.17) is 10.00 Å². The van der Waals surface area contributed by atoms with Crippen molar-refractivity contribution in [1.29, 1.82) is 5.26 Å². The second-order valence-corrected chi connectivity index (χ2v) is 4.26. The largest absolute Gasteiger partial charge is 0.504 e. The average molecular weight is 232 g/mol. The molecule has 0 spiro atoms. The van der Waals surface area contributed by atoms with Crippen LogP contribution in [0.1, 0.15) is 29.9 Å². The number of phenolic OH excluding ortho intramolecular Hbond substituents is 1. The van der Waals surface area contributed by atoms with Gasteiger partial charge in [-0.2, -0.15) is 5.26 Å². The van der Waals surface area contributed by atoms with E-state index in [1.165, 1.54) is 7.11 Å². The van der Waals surface area contributed by atoms with Gasteiger partial charge in [-0.25, -0.2) is 0 Å². The highest BCUT2D eigenvalue weighted by Gasteiger charge is 2.19. The highest BCUT2D eigenvalue weighted by molar-refractivity contribution is 5.54. The van der Waals surface area contributed by atoms with Crippen LogP contribution in [0.5, 0.6) is 11.5 Å². The van der Waals surface area contributed by atoms with Gasteiger partial charge in [0.15, 0.2) is 11.5 Å². The Morgan fingerprint density at radius 3 is 2.71 bits per heavy atom. The van der Waals surface area contributed by atoms with Crippen LogP contribution in [0.4, 0.5) is 0 Å². The molecule has 4 nitrogen and oxygen atoms in total. The van der Waals surface area contributed by atoms with Crippen molar-refractivity contribution < 1.29 is 9.84 Å². The summed E-state index contributed by atoms with van der Waals surface area (Å²) in [5, 5.41) is 22.2. The Bertz CT molecular complexity index is 445. The number of nitriles is 1. The normalized spacial score (nSPS) is 16.5.